The fourth-order valence-corrected chi connectivity index (χ4v) is 3.26. The lowest BCUT2D eigenvalue weighted by molar-refractivity contribution is 0.109. The van der Waals surface area contributed by atoms with Crippen LogP contribution in [0, 0.1) is 5.82 Å². The van der Waals surface area contributed by atoms with E-state index in [0.29, 0.717) is 36.2 Å². The summed E-state index contributed by atoms with van der Waals surface area (Å²) in [6.45, 7) is 3.22. The zero-order chi connectivity index (χ0) is 20.2. The third-order valence-corrected chi connectivity index (χ3v) is 5.08. The van der Waals surface area contributed by atoms with Gasteiger partial charge < -0.3 is 14.6 Å². The second-order valence-corrected chi connectivity index (χ2v) is 7.00. The van der Waals surface area contributed by atoms with Gasteiger partial charge in [-0.05, 0) is 17.2 Å². The maximum atomic E-state index is 14.7. The van der Waals surface area contributed by atoms with Gasteiger partial charge in [-0.1, -0.05) is 54.5 Å². The van der Waals surface area contributed by atoms with Crippen molar-refractivity contribution in [2.45, 2.75) is 18.9 Å². The van der Waals surface area contributed by atoms with Gasteiger partial charge in [0.1, 0.15) is 5.82 Å². The molecule has 2 atom stereocenters. The number of aliphatic imine (C=N–C) groups is 1. The summed E-state index contributed by atoms with van der Waals surface area (Å²) in [7, 11) is 1.67. The molecule has 2 N–H and O–H groups in total. The number of methoxy groups -OCH3 is 1. The van der Waals surface area contributed by atoms with Crippen molar-refractivity contribution in [3.63, 3.8) is 0 Å². The Hall–Kier alpha value is -3.19. The first-order chi connectivity index (χ1) is 14.1. The quantitative estimate of drug-likeness (QED) is 0.684. The Morgan fingerprint density at radius 3 is 2.72 bits per heavy atom. The fourth-order valence-electron chi connectivity index (χ4n) is 3.26. The van der Waals surface area contributed by atoms with E-state index in [0.717, 1.165) is 11.1 Å². The standard InChI is InChI=1S/C22H23FN4O2/c1-14(16-8-9-18(19(23)10-16)15-6-4-3-5-7-15)20-11-21(29-27-20)26-22-24-12-17(28-2)13-25-22/h3-11,14,17H,12-13H2,1-2H3,(H2,24,25,26). The van der Waals surface area contributed by atoms with Crippen molar-refractivity contribution in [3.05, 3.63) is 71.7 Å². The second-order valence-electron chi connectivity index (χ2n) is 7.00. The molecule has 1 aliphatic rings. The van der Waals surface area contributed by atoms with Gasteiger partial charge in [0.2, 0.25) is 5.88 Å². The zero-order valence-corrected chi connectivity index (χ0v) is 16.4. The second kappa shape index (κ2) is 8.45. The maximum absolute atomic E-state index is 14.7. The Balaban J connectivity index is 1.47. The van der Waals surface area contributed by atoms with Crippen LogP contribution in [0.2, 0.25) is 0 Å². The summed E-state index contributed by atoms with van der Waals surface area (Å²) >= 11 is 0. The molecule has 6 nitrogen and oxygen atoms in total. The van der Waals surface area contributed by atoms with Crippen molar-refractivity contribution in [2.75, 3.05) is 25.5 Å². The minimum absolute atomic E-state index is 0.0691. The van der Waals surface area contributed by atoms with Gasteiger partial charge in [0.25, 0.3) is 0 Å². The summed E-state index contributed by atoms with van der Waals surface area (Å²) in [5.74, 6) is 0.728. The predicted molar refractivity (Wildman–Crippen MR) is 111 cm³/mol. The number of nitrogens with zero attached hydrogens (tertiary/aromatic N) is 2. The van der Waals surface area contributed by atoms with Gasteiger partial charge >= 0.3 is 0 Å². The van der Waals surface area contributed by atoms with Crippen LogP contribution in [-0.4, -0.2) is 37.4 Å². The zero-order valence-electron chi connectivity index (χ0n) is 16.4. The van der Waals surface area contributed by atoms with Crippen LogP contribution in [0.15, 0.2) is 64.1 Å². The van der Waals surface area contributed by atoms with Crippen LogP contribution in [0.25, 0.3) is 11.1 Å². The maximum Gasteiger partial charge on any atom is 0.231 e. The highest BCUT2D eigenvalue weighted by atomic mass is 19.1. The first-order valence-corrected chi connectivity index (χ1v) is 9.53. The van der Waals surface area contributed by atoms with Crippen LogP contribution in [-0.2, 0) is 4.74 Å². The van der Waals surface area contributed by atoms with E-state index in [1.165, 1.54) is 0 Å². The van der Waals surface area contributed by atoms with Crippen LogP contribution >= 0.6 is 0 Å². The first-order valence-electron chi connectivity index (χ1n) is 9.53. The van der Waals surface area contributed by atoms with Crippen LogP contribution in [0.5, 0.6) is 0 Å². The Morgan fingerprint density at radius 2 is 2.03 bits per heavy atom. The molecular weight excluding hydrogens is 371 g/mol. The van der Waals surface area contributed by atoms with Gasteiger partial charge in [-0.15, -0.1) is 0 Å². The molecule has 4 rings (SSSR count). The molecule has 1 aliphatic heterocycles. The van der Waals surface area contributed by atoms with Crippen molar-refractivity contribution < 1.29 is 13.7 Å². The number of rotatable bonds is 5. The lowest BCUT2D eigenvalue weighted by Crippen LogP contribution is -2.43. The Labute approximate surface area is 168 Å². The van der Waals surface area contributed by atoms with E-state index in [1.807, 2.05) is 49.4 Å². The summed E-state index contributed by atoms with van der Waals surface area (Å²) in [6.07, 6.45) is 0.0691. The largest absolute Gasteiger partial charge is 0.378 e. The molecule has 0 aliphatic carbocycles. The van der Waals surface area contributed by atoms with Crippen LogP contribution in [0.3, 0.4) is 0 Å². The lowest BCUT2D eigenvalue weighted by atomic mass is 9.95. The average Bonchev–Trinajstić information content (AvgIpc) is 3.23. The SMILES string of the molecule is COC1CN=C(Nc2cc(C(C)c3ccc(-c4ccccc4)c(F)c3)no2)NC1. The molecule has 1 aromatic heterocycles. The molecule has 0 radical (unpaired) electrons. The van der Waals surface area contributed by atoms with Crippen molar-refractivity contribution >= 4 is 11.8 Å². The molecular formula is C22H23FN4O2. The summed E-state index contributed by atoms with van der Waals surface area (Å²) in [4.78, 5) is 4.37. The van der Waals surface area contributed by atoms with Crippen molar-refractivity contribution in [1.29, 1.82) is 0 Å². The monoisotopic (exact) mass is 394 g/mol. The number of aromatic nitrogens is 1. The van der Waals surface area contributed by atoms with Gasteiger partial charge in [-0.25, -0.2) is 4.39 Å². The summed E-state index contributed by atoms with van der Waals surface area (Å²) < 4.78 is 25.3. The van der Waals surface area contributed by atoms with E-state index in [2.05, 4.69) is 20.8 Å². The molecule has 29 heavy (non-hydrogen) atoms. The number of ether oxygens (including phenoxy) is 1. The molecule has 0 saturated heterocycles. The van der Waals surface area contributed by atoms with Crippen molar-refractivity contribution in [1.82, 2.24) is 10.5 Å². The molecule has 3 aromatic rings. The van der Waals surface area contributed by atoms with E-state index in [1.54, 1.807) is 19.2 Å². The number of guanidine groups is 1. The molecule has 150 valence electrons. The third kappa shape index (κ3) is 4.30. The highest BCUT2D eigenvalue weighted by Crippen LogP contribution is 2.30. The molecule has 0 spiro atoms. The molecule has 0 amide bonds. The summed E-state index contributed by atoms with van der Waals surface area (Å²) in [5, 5.41) is 10.4. The van der Waals surface area contributed by atoms with E-state index in [9.17, 15) is 4.39 Å². The summed E-state index contributed by atoms with van der Waals surface area (Å²) in [5.41, 5.74) is 2.98. The minimum Gasteiger partial charge on any atom is -0.378 e. The van der Waals surface area contributed by atoms with Gasteiger partial charge in [-0.2, -0.15) is 0 Å². The number of nitrogens with one attached hydrogen (secondary N) is 2. The summed E-state index contributed by atoms with van der Waals surface area (Å²) in [6, 6.07) is 16.6. The molecule has 2 heterocycles. The Morgan fingerprint density at radius 1 is 1.21 bits per heavy atom. The van der Waals surface area contributed by atoms with Crippen molar-refractivity contribution in [3.8, 4) is 11.1 Å². The van der Waals surface area contributed by atoms with Gasteiger partial charge in [0, 0.05) is 31.2 Å². The highest BCUT2D eigenvalue weighted by molar-refractivity contribution is 5.92. The van der Waals surface area contributed by atoms with Gasteiger partial charge in [0.05, 0.1) is 18.3 Å². The van der Waals surface area contributed by atoms with Gasteiger partial charge in [0.15, 0.2) is 5.96 Å². The van der Waals surface area contributed by atoms with Crippen molar-refractivity contribution in [2.24, 2.45) is 4.99 Å². The number of anilines is 1. The average molecular weight is 394 g/mol. The van der Waals surface area contributed by atoms with E-state index < -0.39 is 0 Å². The van der Waals surface area contributed by atoms with E-state index >= 15 is 0 Å². The smallest absolute Gasteiger partial charge is 0.231 e. The fraction of sp³-hybridized carbons (Fsp3) is 0.273. The van der Waals surface area contributed by atoms with Crippen LogP contribution < -0.4 is 10.6 Å². The molecule has 2 unspecified atom stereocenters. The highest BCUT2D eigenvalue weighted by Gasteiger charge is 2.18. The van der Waals surface area contributed by atoms with Crippen LogP contribution in [0.1, 0.15) is 24.1 Å². The molecule has 0 fully saturated rings. The predicted octanol–water partition coefficient (Wildman–Crippen LogP) is 4.02. The number of benzene rings is 2. The van der Waals surface area contributed by atoms with Gasteiger partial charge in [-0.3, -0.25) is 10.3 Å². The number of hydrogen-bond donors (Lipinski definition) is 2. The Kier molecular flexibility index (Phi) is 5.57. The number of hydrogen-bond acceptors (Lipinski definition) is 6. The van der Waals surface area contributed by atoms with E-state index in [4.69, 9.17) is 9.26 Å². The molecule has 0 saturated carbocycles. The first kappa shape index (κ1) is 19.1. The molecule has 7 heteroatoms. The lowest BCUT2D eigenvalue weighted by Gasteiger charge is -2.21. The third-order valence-electron chi connectivity index (χ3n) is 5.08. The number of halogens is 1. The molecule has 0 bridgehead atoms. The topological polar surface area (TPSA) is 71.7 Å². The minimum atomic E-state index is -0.254. The van der Waals surface area contributed by atoms with E-state index in [-0.39, 0.29) is 17.8 Å². The normalized spacial score (nSPS) is 17.3. The Bertz CT molecular complexity index is 1000. The molecule has 2 aromatic carbocycles. The van der Waals surface area contributed by atoms with Crippen LogP contribution in [0.4, 0.5) is 10.3 Å².